The third-order valence-corrected chi connectivity index (χ3v) is 3.94. The monoisotopic (exact) mass is 374 g/mol. The van der Waals surface area contributed by atoms with E-state index >= 15 is 0 Å². The van der Waals surface area contributed by atoms with Crippen LogP contribution in [-0.2, 0) is 0 Å². The smallest absolute Gasteiger partial charge is 0.266 e. The fourth-order valence-electron chi connectivity index (χ4n) is 2.26. The van der Waals surface area contributed by atoms with Crippen molar-refractivity contribution in [1.29, 1.82) is 0 Å². The van der Waals surface area contributed by atoms with Crippen molar-refractivity contribution in [3.05, 3.63) is 67.6 Å². The molecule has 2 aromatic carbocycles. The summed E-state index contributed by atoms with van der Waals surface area (Å²) in [4.78, 5) is 17.1. The van der Waals surface area contributed by atoms with Gasteiger partial charge in [0.1, 0.15) is 5.82 Å². The molecule has 3 rings (SSSR count). The first-order valence-corrected chi connectivity index (χ1v) is 7.26. The molecule has 1 aromatic heterocycles. The first kappa shape index (κ1) is 17.1. The zero-order valence-electron chi connectivity index (χ0n) is 11.3. The molecule has 0 aliphatic heterocycles. The normalized spacial score (nSPS) is 10.5. The first-order valence-electron chi connectivity index (χ1n) is 6.12. The van der Waals surface area contributed by atoms with Gasteiger partial charge in [0.25, 0.3) is 5.56 Å². The Morgan fingerprint density at radius 2 is 1.64 bits per heavy atom. The van der Waals surface area contributed by atoms with Crippen LogP contribution < -0.4 is 5.56 Å². The molecule has 0 amide bonds. The van der Waals surface area contributed by atoms with Crippen molar-refractivity contribution in [3.8, 4) is 5.69 Å². The summed E-state index contributed by atoms with van der Waals surface area (Å²) < 4.78 is 1.41. The highest BCUT2D eigenvalue weighted by Gasteiger charge is 2.16. The molecule has 0 aliphatic rings. The number of fused-ring (bicyclic) bond motifs is 1. The molecule has 0 radical (unpaired) electrons. The maximum Gasteiger partial charge on any atom is 0.266 e. The van der Waals surface area contributed by atoms with Gasteiger partial charge in [0.2, 0.25) is 0 Å². The highest BCUT2D eigenvalue weighted by atomic mass is 35.5. The molecule has 0 bridgehead atoms. The van der Waals surface area contributed by atoms with E-state index in [1.807, 2.05) is 6.07 Å². The van der Waals surface area contributed by atoms with E-state index in [1.165, 1.54) is 4.57 Å². The zero-order valence-corrected chi connectivity index (χ0v) is 14.4. The lowest BCUT2D eigenvalue weighted by molar-refractivity contribution is 0.895. The second-order valence-corrected chi connectivity index (χ2v) is 5.79. The van der Waals surface area contributed by atoms with Crippen LogP contribution in [0.25, 0.3) is 16.6 Å². The van der Waals surface area contributed by atoms with E-state index in [4.69, 9.17) is 34.8 Å². The van der Waals surface area contributed by atoms with Gasteiger partial charge in [0, 0.05) is 5.02 Å². The Hall–Kier alpha value is -1.26. The summed E-state index contributed by atoms with van der Waals surface area (Å²) in [6.07, 6.45) is 0. The van der Waals surface area contributed by atoms with E-state index in [1.54, 1.807) is 37.3 Å². The lowest BCUT2D eigenvalue weighted by atomic mass is 10.2. The molecular weight excluding hydrogens is 366 g/mol. The standard InChI is InChI=1S/C15H9Cl3N2O.ClH/c1-8-19-13-5-3-2-4-10(13)15(21)20(8)14-11(17)6-9(16)7-12(14)18;/h2-7H,1H3;1H. The van der Waals surface area contributed by atoms with Gasteiger partial charge in [-0.25, -0.2) is 4.98 Å². The summed E-state index contributed by atoms with van der Waals surface area (Å²) >= 11 is 18.3. The number of para-hydroxylation sites is 1. The Labute approximate surface area is 147 Å². The van der Waals surface area contributed by atoms with Crippen molar-refractivity contribution >= 4 is 58.1 Å². The molecule has 0 saturated heterocycles. The van der Waals surface area contributed by atoms with Gasteiger partial charge >= 0.3 is 0 Å². The van der Waals surface area contributed by atoms with Crippen molar-refractivity contribution in [2.24, 2.45) is 0 Å². The second kappa shape index (κ2) is 6.47. The molecule has 1 heterocycles. The average Bonchev–Trinajstić information content (AvgIpc) is 2.41. The highest BCUT2D eigenvalue weighted by molar-refractivity contribution is 6.40. The van der Waals surface area contributed by atoms with E-state index in [0.717, 1.165) is 0 Å². The van der Waals surface area contributed by atoms with Gasteiger partial charge in [-0.3, -0.25) is 9.36 Å². The third kappa shape index (κ3) is 2.82. The third-order valence-electron chi connectivity index (χ3n) is 3.15. The molecule has 0 aliphatic carbocycles. The van der Waals surface area contributed by atoms with Crippen LogP contribution in [0.2, 0.25) is 15.1 Å². The topological polar surface area (TPSA) is 34.9 Å². The maximum absolute atomic E-state index is 12.7. The van der Waals surface area contributed by atoms with Gasteiger partial charge in [-0.15, -0.1) is 12.4 Å². The molecule has 0 fully saturated rings. The number of hydrogen-bond donors (Lipinski definition) is 0. The van der Waals surface area contributed by atoms with Gasteiger partial charge in [-0.05, 0) is 31.2 Å². The van der Waals surface area contributed by atoms with Gasteiger partial charge in [-0.1, -0.05) is 46.9 Å². The molecule has 0 saturated carbocycles. The Morgan fingerprint density at radius 3 is 2.27 bits per heavy atom. The van der Waals surface area contributed by atoms with Crippen LogP contribution >= 0.6 is 47.2 Å². The van der Waals surface area contributed by atoms with E-state index in [-0.39, 0.29) is 18.0 Å². The fraction of sp³-hybridized carbons (Fsp3) is 0.0667. The lowest BCUT2D eigenvalue weighted by Gasteiger charge is -2.14. The molecule has 7 heteroatoms. The fourth-order valence-corrected chi connectivity index (χ4v) is 3.24. The van der Waals surface area contributed by atoms with Crippen LogP contribution in [0.1, 0.15) is 5.82 Å². The number of aromatic nitrogens is 2. The maximum atomic E-state index is 12.7. The Kier molecular flexibility index (Phi) is 5.03. The Balaban J connectivity index is 0.00000176. The molecular formula is C15H10Cl4N2O. The van der Waals surface area contributed by atoms with Crippen molar-refractivity contribution in [1.82, 2.24) is 9.55 Å². The summed E-state index contributed by atoms with van der Waals surface area (Å²) in [5.41, 5.74) is 0.810. The van der Waals surface area contributed by atoms with Crippen LogP contribution in [0, 0.1) is 6.92 Å². The van der Waals surface area contributed by atoms with Crippen molar-refractivity contribution < 1.29 is 0 Å². The molecule has 0 spiro atoms. The zero-order chi connectivity index (χ0) is 15.1. The van der Waals surface area contributed by atoms with Crippen molar-refractivity contribution in [2.45, 2.75) is 6.92 Å². The SMILES string of the molecule is Cc1nc2ccccc2c(=O)n1-c1c(Cl)cc(Cl)cc1Cl.Cl. The summed E-state index contributed by atoms with van der Waals surface area (Å²) in [5, 5.41) is 1.52. The molecule has 3 nitrogen and oxygen atoms in total. The summed E-state index contributed by atoms with van der Waals surface area (Å²) in [5.74, 6) is 0.504. The molecule has 3 aromatic rings. The van der Waals surface area contributed by atoms with Crippen LogP contribution in [0.5, 0.6) is 0 Å². The molecule has 0 N–H and O–H groups in total. The minimum absolute atomic E-state index is 0. The predicted molar refractivity (Wildman–Crippen MR) is 94.4 cm³/mol. The predicted octanol–water partition coefficient (Wildman–Crippen LogP) is 5.08. The van der Waals surface area contributed by atoms with E-state index in [0.29, 0.717) is 37.5 Å². The van der Waals surface area contributed by atoms with Crippen molar-refractivity contribution in [3.63, 3.8) is 0 Å². The quantitative estimate of drug-likeness (QED) is 0.594. The molecule has 0 atom stereocenters. The average molecular weight is 376 g/mol. The van der Waals surface area contributed by atoms with Crippen LogP contribution in [0.15, 0.2) is 41.2 Å². The lowest BCUT2D eigenvalue weighted by Crippen LogP contribution is -2.22. The Morgan fingerprint density at radius 1 is 1.05 bits per heavy atom. The highest BCUT2D eigenvalue weighted by Crippen LogP contribution is 2.32. The van der Waals surface area contributed by atoms with Gasteiger partial charge in [0.05, 0.1) is 26.6 Å². The van der Waals surface area contributed by atoms with E-state index < -0.39 is 0 Å². The molecule has 22 heavy (non-hydrogen) atoms. The van der Waals surface area contributed by atoms with E-state index in [9.17, 15) is 4.79 Å². The number of rotatable bonds is 1. The van der Waals surface area contributed by atoms with Crippen LogP contribution in [0.3, 0.4) is 0 Å². The van der Waals surface area contributed by atoms with Crippen LogP contribution in [0.4, 0.5) is 0 Å². The number of benzene rings is 2. The number of nitrogens with zero attached hydrogens (tertiary/aromatic N) is 2. The Bertz CT molecular complexity index is 898. The van der Waals surface area contributed by atoms with Gasteiger partial charge < -0.3 is 0 Å². The number of hydrogen-bond acceptors (Lipinski definition) is 2. The number of halogens is 4. The van der Waals surface area contributed by atoms with E-state index in [2.05, 4.69) is 4.98 Å². The summed E-state index contributed by atoms with van der Waals surface area (Å²) in [7, 11) is 0. The largest absolute Gasteiger partial charge is 0.268 e. The minimum Gasteiger partial charge on any atom is -0.268 e. The first-order chi connectivity index (χ1) is 9.99. The molecule has 0 unspecified atom stereocenters. The van der Waals surface area contributed by atoms with Gasteiger partial charge in [-0.2, -0.15) is 0 Å². The van der Waals surface area contributed by atoms with Gasteiger partial charge in [0.15, 0.2) is 0 Å². The summed E-state index contributed by atoms with van der Waals surface area (Å²) in [6.45, 7) is 1.73. The van der Waals surface area contributed by atoms with Crippen LogP contribution in [-0.4, -0.2) is 9.55 Å². The molecule has 114 valence electrons. The minimum atomic E-state index is -0.218. The number of aryl methyl sites for hydroxylation is 1. The summed E-state index contributed by atoms with van der Waals surface area (Å²) in [6, 6.07) is 10.2. The second-order valence-electron chi connectivity index (χ2n) is 4.53. The van der Waals surface area contributed by atoms with Crippen molar-refractivity contribution in [2.75, 3.05) is 0 Å².